The second kappa shape index (κ2) is 4.90. The molecule has 110 valence electrons. The molecule has 0 unspecified atom stereocenters. The predicted molar refractivity (Wildman–Crippen MR) is 49.7 cm³/mol. The quantitative estimate of drug-likeness (QED) is 0.383. The van der Waals surface area contributed by atoms with Gasteiger partial charge in [0.15, 0.2) is 10.7 Å². The van der Waals surface area contributed by atoms with Gasteiger partial charge in [0.1, 0.15) is 14.9 Å². The first-order valence-corrected chi connectivity index (χ1v) is 4.44. The Morgan fingerprint density at radius 1 is 0.952 bits per heavy atom. The lowest BCUT2D eigenvalue weighted by Crippen LogP contribution is -2.40. The SMILES string of the molecule is O=[N+]([O-])/N=c1/n(-n2nn[n-]/c2=N\[N+](=O)[O-])nnn1[N+](=O)[O-]. The Balaban J connectivity index is 2.78. The van der Waals surface area contributed by atoms with Crippen molar-refractivity contribution in [3.05, 3.63) is 41.6 Å². The van der Waals surface area contributed by atoms with Crippen LogP contribution in [0.3, 0.4) is 0 Å². The Morgan fingerprint density at radius 3 is 2.19 bits per heavy atom. The smallest absolute Gasteiger partial charge is 0.339 e. The largest absolute Gasteiger partial charge is 0.400 e. The van der Waals surface area contributed by atoms with Gasteiger partial charge in [0.05, 0.1) is 10.2 Å². The molecule has 0 atom stereocenters. The molecule has 21 heavy (non-hydrogen) atoms. The summed E-state index contributed by atoms with van der Waals surface area (Å²) in [7, 11) is 0. The minimum atomic E-state index is -1.27. The van der Waals surface area contributed by atoms with Gasteiger partial charge < -0.3 is 10.1 Å². The summed E-state index contributed by atoms with van der Waals surface area (Å²) in [5, 5.41) is 48.4. The van der Waals surface area contributed by atoms with Crippen molar-refractivity contribution in [2.45, 2.75) is 0 Å². The highest BCUT2D eigenvalue weighted by molar-refractivity contribution is 4.54. The van der Waals surface area contributed by atoms with Crippen molar-refractivity contribution < 1.29 is 15.1 Å². The number of nitro groups is 3. The number of nitrogens with zero attached hydrogens (tertiary/aromatic N) is 13. The minimum Gasteiger partial charge on any atom is -0.339 e. The number of hydrogen-bond acceptors (Lipinski definition) is 10. The van der Waals surface area contributed by atoms with E-state index in [4.69, 9.17) is 0 Å². The van der Waals surface area contributed by atoms with Gasteiger partial charge in [-0.2, -0.15) is 5.21 Å². The van der Waals surface area contributed by atoms with Crippen molar-refractivity contribution in [2.75, 3.05) is 0 Å². The second-order valence-electron chi connectivity index (χ2n) is 2.84. The fraction of sp³-hybridized carbons (Fsp3) is 0. The summed E-state index contributed by atoms with van der Waals surface area (Å²) in [4.78, 5) is 31.7. The first-order chi connectivity index (χ1) is 9.90. The number of tetrazole rings is 2. The number of rotatable bonds is 4. The van der Waals surface area contributed by atoms with Crippen molar-refractivity contribution in [1.29, 1.82) is 0 Å². The van der Waals surface area contributed by atoms with Crippen LogP contribution in [-0.2, 0) is 0 Å². The molecular weight excluding hydrogens is 302 g/mol. The lowest BCUT2D eigenvalue weighted by Gasteiger charge is -1.99. The van der Waals surface area contributed by atoms with Gasteiger partial charge in [-0.05, 0) is 5.10 Å². The maximum Gasteiger partial charge on any atom is 0.400 e. The highest BCUT2D eigenvalue weighted by atomic mass is 16.7. The lowest BCUT2D eigenvalue weighted by molar-refractivity contribution is -0.562. The standard InChI is InChI=1S/C2N13O6/c16-13(17)4-1-3-6-7-10(1)11-2(5-14(18)19)12(9-8-11)15(20)21/q-1/b5-2-. The Hall–Kier alpha value is -4.06. The van der Waals surface area contributed by atoms with Crippen molar-refractivity contribution in [2.24, 2.45) is 10.2 Å². The van der Waals surface area contributed by atoms with E-state index in [9.17, 15) is 30.3 Å². The molecule has 0 aromatic carbocycles. The summed E-state index contributed by atoms with van der Waals surface area (Å²) in [6.45, 7) is 0. The van der Waals surface area contributed by atoms with Crippen LogP contribution in [0.2, 0.25) is 0 Å². The Morgan fingerprint density at radius 2 is 1.62 bits per heavy atom. The molecule has 0 N–H and O–H groups in total. The molecule has 0 aliphatic heterocycles. The molecule has 2 aromatic rings. The summed E-state index contributed by atoms with van der Waals surface area (Å²) in [5.74, 6) is 0. The molecule has 0 aliphatic rings. The van der Waals surface area contributed by atoms with Crippen molar-refractivity contribution in [3.8, 4) is 0 Å². The van der Waals surface area contributed by atoms with Gasteiger partial charge in [-0.15, -0.1) is 10.0 Å². The van der Waals surface area contributed by atoms with Crippen LogP contribution in [0.25, 0.3) is 0 Å². The zero-order chi connectivity index (χ0) is 15.6. The molecule has 19 nitrogen and oxygen atoms in total. The summed E-state index contributed by atoms with van der Waals surface area (Å²) in [6.07, 6.45) is 0. The van der Waals surface area contributed by atoms with E-state index >= 15 is 0 Å². The van der Waals surface area contributed by atoms with Crippen molar-refractivity contribution >= 4 is 0 Å². The molecule has 2 rings (SSSR count). The van der Waals surface area contributed by atoms with Gasteiger partial charge in [-0.3, -0.25) is 0 Å². The van der Waals surface area contributed by atoms with Crippen LogP contribution in [0, 0.1) is 30.3 Å². The zero-order valence-electron chi connectivity index (χ0n) is 9.26. The number of aromatic nitrogens is 8. The summed E-state index contributed by atoms with van der Waals surface area (Å²) < 4.78 is 0. The van der Waals surface area contributed by atoms with Crippen molar-refractivity contribution in [1.82, 2.24) is 40.3 Å². The van der Waals surface area contributed by atoms with Crippen LogP contribution in [0.4, 0.5) is 0 Å². The average molecular weight is 302 g/mol. The van der Waals surface area contributed by atoms with E-state index in [1.54, 1.807) is 0 Å². The minimum absolute atomic E-state index is 0.166. The lowest BCUT2D eigenvalue weighted by atomic mass is 11.1. The molecule has 0 spiro atoms. The molecule has 0 amide bonds. The van der Waals surface area contributed by atoms with Crippen molar-refractivity contribution in [3.63, 3.8) is 0 Å². The Bertz CT molecular complexity index is 842. The van der Waals surface area contributed by atoms with E-state index in [0.29, 0.717) is 4.79 Å². The molecule has 0 saturated heterocycles. The van der Waals surface area contributed by atoms with Gasteiger partial charge in [-0.1, -0.05) is 0 Å². The van der Waals surface area contributed by atoms with Gasteiger partial charge in [0.2, 0.25) is 5.21 Å². The topological polar surface area (TPSA) is 235 Å². The third kappa shape index (κ3) is 2.54. The zero-order valence-corrected chi connectivity index (χ0v) is 9.26. The van der Waals surface area contributed by atoms with Gasteiger partial charge >= 0.3 is 5.62 Å². The van der Waals surface area contributed by atoms with Crippen LogP contribution in [0.1, 0.15) is 0 Å². The van der Waals surface area contributed by atoms with Crippen LogP contribution in [-0.4, -0.2) is 50.3 Å². The summed E-state index contributed by atoms with van der Waals surface area (Å²) in [5.41, 5.74) is -1.82. The van der Waals surface area contributed by atoms with E-state index in [1.807, 2.05) is 0 Å². The highest BCUT2D eigenvalue weighted by Crippen LogP contribution is 1.76. The molecule has 0 radical (unpaired) electrons. The highest BCUT2D eigenvalue weighted by Gasteiger charge is 2.19. The Kier molecular flexibility index (Phi) is 3.12. The summed E-state index contributed by atoms with van der Waals surface area (Å²) in [6, 6.07) is 0. The predicted octanol–water partition coefficient (Wildman–Crippen LogP) is -4.84. The first-order valence-electron chi connectivity index (χ1n) is 4.44. The molecule has 0 saturated carbocycles. The van der Waals surface area contributed by atoms with E-state index in [2.05, 4.69) is 36.2 Å². The second-order valence-corrected chi connectivity index (χ2v) is 2.84. The summed E-state index contributed by atoms with van der Waals surface area (Å²) >= 11 is 0. The van der Waals surface area contributed by atoms with Crippen LogP contribution >= 0.6 is 0 Å². The van der Waals surface area contributed by atoms with E-state index in [0.717, 1.165) is 0 Å². The maximum atomic E-state index is 10.6. The average Bonchev–Trinajstić information content (AvgIpc) is 2.94. The monoisotopic (exact) mass is 302 g/mol. The normalized spacial score (nSPS) is 12.6. The third-order valence-corrected chi connectivity index (χ3v) is 1.68. The molecule has 0 fully saturated rings. The molecule has 2 heterocycles. The van der Waals surface area contributed by atoms with Crippen LogP contribution < -0.4 is 16.3 Å². The number of hydrogen-bond donors (Lipinski definition) is 0. The van der Waals surface area contributed by atoms with E-state index < -0.39 is 26.3 Å². The fourth-order valence-electron chi connectivity index (χ4n) is 1.05. The first kappa shape index (κ1) is 13.4. The van der Waals surface area contributed by atoms with Gasteiger partial charge in [-0.25, -0.2) is 30.1 Å². The van der Waals surface area contributed by atoms with E-state index in [1.165, 1.54) is 0 Å². The molecule has 0 aliphatic carbocycles. The molecule has 2 aromatic heterocycles. The maximum absolute atomic E-state index is 10.6. The molecular formula is C2N13O6-. The third-order valence-electron chi connectivity index (χ3n) is 1.68. The van der Waals surface area contributed by atoms with Gasteiger partial charge in [0.25, 0.3) is 0 Å². The van der Waals surface area contributed by atoms with Crippen LogP contribution in [0.15, 0.2) is 10.2 Å². The van der Waals surface area contributed by atoms with Gasteiger partial charge in [0, 0.05) is 0 Å². The van der Waals surface area contributed by atoms with Crippen LogP contribution in [0.5, 0.6) is 0 Å². The van der Waals surface area contributed by atoms with E-state index in [-0.39, 0.29) is 9.58 Å². The molecule has 19 heteroatoms. The molecule has 0 bridgehead atoms. The Labute approximate surface area is 108 Å². The fourth-order valence-corrected chi connectivity index (χ4v) is 1.05.